The third kappa shape index (κ3) is 8.86. The highest BCUT2D eigenvalue weighted by molar-refractivity contribution is 4.89. The van der Waals surface area contributed by atoms with E-state index in [4.69, 9.17) is 0 Å². The van der Waals surface area contributed by atoms with Crippen LogP contribution in [0.5, 0.6) is 0 Å². The molecule has 0 spiro atoms. The number of rotatable bonds is 13. The largest absolute Gasteiger partial charge is 0.244 e. The van der Waals surface area contributed by atoms with Gasteiger partial charge in [-0.05, 0) is 62.7 Å². The van der Waals surface area contributed by atoms with Crippen LogP contribution < -0.4 is 0 Å². The first-order chi connectivity index (χ1) is 13.2. The summed E-state index contributed by atoms with van der Waals surface area (Å²) in [7, 11) is 0. The number of alkyl halides is 1. The van der Waals surface area contributed by atoms with Gasteiger partial charge in [-0.25, -0.2) is 4.39 Å². The Morgan fingerprint density at radius 3 is 1.74 bits per heavy atom. The molecule has 160 valence electrons. The van der Waals surface area contributed by atoms with E-state index in [1.165, 1.54) is 103 Å². The lowest BCUT2D eigenvalue weighted by atomic mass is 9.67. The third-order valence-electron chi connectivity index (χ3n) is 7.93. The maximum absolute atomic E-state index is 15.1. The molecule has 0 amide bonds. The molecular formula is C26H49F. The first-order valence-electron chi connectivity index (χ1n) is 12.9. The molecule has 0 aromatic carbocycles. The highest BCUT2D eigenvalue weighted by Crippen LogP contribution is 2.45. The minimum absolute atomic E-state index is 0.807. The summed E-state index contributed by atoms with van der Waals surface area (Å²) in [5.74, 6) is 2.78. The summed E-state index contributed by atoms with van der Waals surface area (Å²) in [5, 5.41) is 0. The smallest absolute Gasteiger partial charge is 0.111 e. The van der Waals surface area contributed by atoms with E-state index in [2.05, 4.69) is 13.8 Å². The predicted molar refractivity (Wildman–Crippen MR) is 118 cm³/mol. The van der Waals surface area contributed by atoms with Crippen molar-refractivity contribution in [2.24, 2.45) is 17.8 Å². The Morgan fingerprint density at radius 1 is 0.630 bits per heavy atom. The van der Waals surface area contributed by atoms with Gasteiger partial charge in [0.25, 0.3) is 0 Å². The van der Waals surface area contributed by atoms with E-state index in [1.54, 1.807) is 0 Å². The molecule has 0 radical (unpaired) electrons. The fourth-order valence-corrected chi connectivity index (χ4v) is 5.91. The van der Waals surface area contributed by atoms with Gasteiger partial charge in [0.05, 0.1) is 0 Å². The first kappa shape index (κ1) is 23.2. The van der Waals surface area contributed by atoms with Crippen LogP contribution in [0, 0.1) is 17.8 Å². The molecule has 0 N–H and O–H groups in total. The summed E-state index contributed by atoms with van der Waals surface area (Å²) >= 11 is 0. The second kappa shape index (κ2) is 13.2. The van der Waals surface area contributed by atoms with Crippen LogP contribution in [0.15, 0.2) is 0 Å². The van der Waals surface area contributed by atoms with E-state index in [0.29, 0.717) is 0 Å². The Balaban J connectivity index is 1.56. The van der Waals surface area contributed by atoms with Gasteiger partial charge < -0.3 is 0 Å². The van der Waals surface area contributed by atoms with Gasteiger partial charge in [-0.1, -0.05) is 97.3 Å². The maximum Gasteiger partial charge on any atom is 0.111 e. The van der Waals surface area contributed by atoms with Crippen LogP contribution in [-0.2, 0) is 0 Å². The molecule has 0 atom stereocenters. The normalized spacial score (nSPS) is 31.9. The first-order valence-corrected chi connectivity index (χ1v) is 12.9. The van der Waals surface area contributed by atoms with Crippen molar-refractivity contribution in [1.29, 1.82) is 0 Å². The van der Waals surface area contributed by atoms with Gasteiger partial charge in [0.2, 0.25) is 0 Å². The summed E-state index contributed by atoms with van der Waals surface area (Å²) in [6.45, 7) is 4.55. The molecule has 0 unspecified atom stereocenters. The Bertz CT molecular complexity index is 347. The van der Waals surface area contributed by atoms with E-state index >= 15 is 4.39 Å². The Labute approximate surface area is 170 Å². The number of halogens is 1. The minimum atomic E-state index is -0.807. The molecule has 0 nitrogen and oxygen atoms in total. The van der Waals surface area contributed by atoms with Crippen molar-refractivity contribution in [3.05, 3.63) is 0 Å². The van der Waals surface area contributed by atoms with Gasteiger partial charge in [0.15, 0.2) is 0 Å². The zero-order valence-electron chi connectivity index (χ0n) is 18.8. The van der Waals surface area contributed by atoms with Crippen molar-refractivity contribution in [2.75, 3.05) is 0 Å². The molecule has 27 heavy (non-hydrogen) atoms. The van der Waals surface area contributed by atoms with Gasteiger partial charge in [-0.2, -0.15) is 0 Å². The molecule has 0 aliphatic heterocycles. The van der Waals surface area contributed by atoms with Crippen molar-refractivity contribution < 1.29 is 4.39 Å². The van der Waals surface area contributed by atoms with E-state index in [-0.39, 0.29) is 0 Å². The molecule has 0 bridgehead atoms. The number of hydrogen-bond donors (Lipinski definition) is 0. The Kier molecular flexibility index (Phi) is 11.4. The van der Waals surface area contributed by atoms with Gasteiger partial charge in [-0.15, -0.1) is 0 Å². The fraction of sp³-hybridized carbons (Fsp3) is 1.00. The molecule has 0 heterocycles. The molecule has 0 saturated heterocycles. The average Bonchev–Trinajstić information content (AvgIpc) is 2.69. The van der Waals surface area contributed by atoms with Crippen LogP contribution >= 0.6 is 0 Å². The van der Waals surface area contributed by atoms with Crippen LogP contribution in [0.4, 0.5) is 4.39 Å². The molecule has 2 aliphatic carbocycles. The molecule has 1 heteroatoms. The van der Waals surface area contributed by atoms with E-state index < -0.39 is 5.67 Å². The Hall–Kier alpha value is -0.0700. The van der Waals surface area contributed by atoms with Crippen molar-refractivity contribution in [1.82, 2.24) is 0 Å². The van der Waals surface area contributed by atoms with Crippen molar-refractivity contribution in [2.45, 2.75) is 148 Å². The lowest BCUT2D eigenvalue weighted by Crippen LogP contribution is -2.33. The highest BCUT2D eigenvalue weighted by atomic mass is 19.1. The molecule has 2 rings (SSSR count). The number of unbranched alkanes of at least 4 members (excludes halogenated alkanes) is 8. The minimum Gasteiger partial charge on any atom is -0.244 e. The third-order valence-corrected chi connectivity index (χ3v) is 7.93. The van der Waals surface area contributed by atoms with Crippen molar-refractivity contribution in [3.8, 4) is 0 Å². The van der Waals surface area contributed by atoms with Crippen LogP contribution in [0.2, 0.25) is 0 Å². The molecule has 0 aromatic rings. The van der Waals surface area contributed by atoms with Gasteiger partial charge in [-0.3, -0.25) is 0 Å². The second-order valence-corrected chi connectivity index (χ2v) is 10.1. The lowest BCUT2D eigenvalue weighted by Gasteiger charge is -2.40. The van der Waals surface area contributed by atoms with Crippen molar-refractivity contribution in [3.63, 3.8) is 0 Å². The van der Waals surface area contributed by atoms with Crippen LogP contribution in [0.1, 0.15) is 142 Å². The topological polar surface area (TPSA) is 0 Å². The summed E-state index contributed by atoms with van der Waals surface area (Å²) in [4.78, 5) is 0. The summed E-state index contributed by atoms with van der Waals surface area (Å²) in [5.41, 5.74) is -0.807. The molecular weight excluding hydrogens is 331 g/mol. The quantitative estimate of drug-likeness (QED) is 0.279. The standard InChI is InChI=1S/C26H49F/c1-3-5-7-9-11-13-23-14-16-24(17-15-23)25-18-21-26(27,22-19-25)20-12-10-8-6-4-2/h23-25H,3-22H2,1-2H3/t23?,24?,25-,26+. The van der Waals surface area contributed by atoms with Crippen LogP contribution in [0.3, 0.4) is 0 Å². The summed E-state index contributed by atoms with van der Waals surface area (Å²) < 4.78 is 15.1. The zero-order chi connectivity index (χ0) is 19.4. The highest BCUT2D eigenvalue weighted by Gasteiger charge is 2.38. The molecule has 0 aromatic heterocycles. The SMILES string of the molecule is CCCCCCCC1CCC([C@H]2CC[C@](F)(CCCCCCC)CC2)CC1. The maximum atomic E-state index is 15.1. The molecule has 2 saturated carbocycles. The average molecular weight is 381 g/mol. The van der Waals surface area contributed by atoms with Gasteiger partial charge in [0, 0.05) is 0 Å². The zero-order valence-corrected chi connectivity index (χ0v) is 18.8. The molecule has 2 fully saturated rings. The Morgan fingerprint density at radius 2 is 1.15 bits per heavy atom. The van der Waals surface area contributed by atoms with Gasteiger partial charge >= 0.3 is 0 Å². The second-order valence-electron chi connectivity index (χ2n) is 10.1. The summed E-state index contributed by atoms with van der Waals surface area (Å²) in [6, 6.07) is 0. The summed E-state index contributed by atoms with van der Waals surface area (Å²) in [6.07, 6.45) is 25.6. The van der Waals surface area contributed by atoms with Crippen LogP contribution in [-0.4, -0.2) is 5.67 Å². The van der Waals surface area contributed by atoms with Crippen LogP contribution in [0.25, 0.3) is 0 Å². The van der Waals surface area contributed by atoms with E-state index in [9.17, 15) is 0 Å². The molecule has 2 aliphatic rings. The van der Waals surface area contributed by atoms with E-state index in [1.807, 2.05) is 0 Å². The monoisotopic (exact) mass is 380 g/mol. The fourth-order valence-electron chi connectivity index (χ4n) is 5.91. The van der Waals surface area contributed by atoms with E-state index in [0.717, 1.165) is 43.4 Å². The van der Waals surface area contributed by atoms with Crippen molar-refractivity contribution >= 4 is 0 Å². The number of hydrogen-bond acceptors (Lipinski definition) is 0. The lowest BCUT2D eigenvalue weighted by molar-refractivity contribution is 0.0455. The van der Waals surface area contributed by atoms with Gasteiger partial charge in [0.1, 0.15) is 5.67 Å². The predicted octanol–water partition coefficient (Wildman–Crippen LogP) is 9.41.